The lowest BCUT2D eigenvalue weighted by Crippen LogP contribution is -2.10. The molecule has 0 unspecified atom stereocenters. The third-order valence-electron chi connectivity index (χ3n) is 7.66. The van der Waals surface area contributed by atoms with Gasteiger partial charge in [0.2, 0.25) is 11.8 Å². The molecule has 0 fully saturated rings. The average Bonchev–Trinajstić information content (AvgIpc) is 3.02. The Morgan fingerprint density at radius 1 is 0.543 bits per heavy atom. The number of ether oxygens (including phenoxy) is 2. The van der Waals surface area contributed by atoms with Gasteiger partial charge in [0, 0.05) is 12.2 Å². The van der Waals surface area contributed by atoms with Crippen molar-refractivity contribution in [2.45, 2.75) is 52.4 Å². The van der Waals surface area contributed by atoms with Gasteiger partial charge in [-0.05, 0) is 80.6 Å². The van der Waals surface area contributed by atoms with Crippen LogP contribution in [0, 0.1) is 0 Å². The van der Waals surface area contributed by atoms with E-state index in [1.807, 2.05) is 48.5 Å². The summed E-state index contributed by atoms with van der Waals surface area (Å²) in [5.74, 6) is 0.518. The first-order chi connectivity index (χ1) is 21.8. The Morgan fingerprint density at radius 2 is 0.891 bits per heavy atom. The number of carbonyl (C=O) groups is 2. The number of amides is 2. The van der Waals surface area contributed by atoms with E-state index in [0.29, 0.717) is 22.9 Å². The lowest BCUT2D eigenvalue weighted by Gasteiger charge is -2.18. The molecule has 4 aromatic rings. The van der Waals surface area contributed by atoms with Crippen molar-refractivity contribution in [1.29, 1.82) is 0 Å². The Balaban J connectivity index is 1.42. The van der Waals surface area contributed by atoms with Crippen LogP contribution in [0.1, 0.15) is 63.8 Å². The molecule has 0 aliphatic heterocycles. The molecule has 0 heterocycles. The Bertz CT molecular complexity index is 1610. The van der Waals surface area contributed by atoms with Gasteiger partial charge in [0.05, 0.1) is 25.6 Å². The minimum atomic E-state index is -0.260. The largest absolute Gasteiger partial charge is 0.495 e. The molecule has 0 saturated heterocycles. The summed E-state index contributed by atoms with van der Waals surface area (Å²) in [6.07, 6.45) is 6.59. The molecular weight excluding hydrogens is 572 g/mol. The predicted molar refractivity (Wildman–Crippen MR) is 191 cm³/mol. The molecule has 0 aliphatic rings. The number of benzene rings is 4. The summed E-state index contributed by atoms with van der Waals surface area (Å²) in [5.41, 5.74) is 7.34. The number of anilines is 2. The van der Waals surface area contributed by atoms with E-state index < -0.39 is 0 Å². The van der Waals surface area contributed by atoms with Crippen molar-refractivity contribution in [2.75, 3.05) is 24.9 Å². The van der Waals surface area contributed by atoms with E-state index in [2.05, 4.69) is 76.4 Å². The monoisotopic (exact) mass is 616 g/mol. The van der Waals surface area contributed by atoms with Crippen molar-refractivity contribution in [1.82, 2.24) is 0 Å². The molecule has 4 rings (SSSR count). The highest BCUT2D eigenvalue weighted by molar-refractivity contribution is 6.04. The summed E-state index contributed by atoms with van der Waals surface area (Å²) in [7, 11) is 3.13. The van der Waals surface area contributed by atoms with Gasteiger partial charge in [-0.2, -0.15) is 0 Å². The lowest BCUT2D eigenvalue weighted by atomic mass is 9.87. The zero-order valence-electron chi connectivity index (χ0n) is 28.0. The van der Waals surface area contributed by atoms with Gasteiger partial charge in [-0.3, -0.25) is 9.59 Å². The summed E-state index contributed by atoms with van der Waals surface area (Å²) in [6, 6.07) is 27.5. The molecule has 2 amide bonds. The van der Waals surface area contributed by atoms with E-state index in [9.17, 15) is 9.59 Å². The quantitative estimate of drug-likeness (QED) is 0.184. The van der Waals surface area contributed by atoms with Crippen LogP contribution in [0.15, 0.2) is 97.1 Å². The van der Waals surface area contributed by atoms with Crippen LogP contribution in [0.25, 0.3) is 23.3 Å². The second-order valence-electron chi connectivity index (χ2n) is 13.2. The maximum absolute atomic E-state index is 12.7. The van der Waals surface area contributed by atoms with Crippen molar-refractivity contribution in [3.63, 3.8) is 0 Å². The Hall–Kier alpha value is -5.10. The zero-order chi connectivity index (χ0) is 33.5. The lowest BCUT2D eigenvalue weighted by molar-refractivity contribution is -0.112. The standard InChI is InChI=1S/C40H44N2O4/c1-39(2,3)31-17-9-27(10-18-31)13-23-37(43)41-33-21-15-29(25-35(33)45-7)30-16-22-34(36(26-30)46-8)42-38(44)24-14-28-11-19-32(20-12-28)40(4,5)6/h9-26H,1-8H3,(H,41,43)(H,42,44). The molecule has 0 saturated carbocycles. The van der Waals surface area contributed by atoms with Crippen molar-refractivity contribution in [3.8, 4) is 22.6 Å². The normalized spacial score (nSPS) is 11.9. The summed E-state index contributed by atoms with van der Waals surface area (Å²) >= 11 is 0. The average molecular weight is 617 g/mol. The van der Waals surface area contributed by atoms with Crippen molar-refractivity contribution < 1.29 is 19.1 Å². The summed E-state index contributed by atoms with van der Waals surface area (Å²) in [5, 5.41) is 5.81. The topological polar surface area (TPSA) is 76.7 Å². The van der Waals surface area contributed by atoms with Gasteiger partial charge in [0.15, 0.2) is 0 Å². The Morgan fingerprint density at radius 3 is 1.20 bits per heavy atom. The molecule has 0 aliphatic carbocycles. The highest BCUT2D eigenvalue weighted by Crippen LogP contribution is 2.35. The van der Waals surface area contributed by atoms with E-state index in [1.165, 1.54) is 23.3 Å². The first kappa shape index (κ1) is 33.8. The highest BCUT2D eigenvalue weighted by atomic mass is 16.5. The predicted octanol–water partition coefficient (Wildman–Crippen LogP) is 9.27. The fraction of sp³-hybridized carbons (Fsp3) is 0.250. The van der Waals surface area contributed by atoms with Gasteiger partial charge in [-0.15, -0.1) is 0 Å². The van der Waals surface area contributed by atoms with Crippen LogP contribution in [0.3, 0.4) is 0 Å². The van der Waals surface area contributed by atoms with Gasteiger partial charge < -0.3 is 20.1 Å². The molecule has 6 nitrogen and oxygen atoms in total. The smallest absolute Gasteiger partial charge is 0.248 e. The number of nitrogens with one attached hydrogen (secondary N) is 2. The Labute approximate surface area is 273 Å². The molecule has 4 aromatic carbocycles. The van der Waals surface area contributed by atoms with Crippen molar-refractivity contribution >= 4 is 35.3 Å². The number of methoxy groups -OCH3 is 2. The van der Waals surface area contributed by atoms with Crippen LogP contribution < -0.4 is 20.1 Å². The molecule has 0 aromatic heterocycles. The summed E-state index contributed by atoms with van der Waals surface area (Å²) in [6.45, 7) is 13.0. The van der Waals surface area contributed by atoms with E-state index in [4.69, 9.17) is 9.47 Å². The molecule has 0 bridgehead atoms. The fourth-order valence-electron chi connectivity index (χ4n) is 4.83. The third-order valence-corrected chi connectivity index (χ3v) is 7.66. The van der Waals surface area contributed by atoms with Crippen LogP contribution >= 0.6 is 0 Å². The molecule has 0 spiro atoms. The van der Waals surface area contributed by atoms with E-state index in [0.717, 1.165) is 22.3 Å². The van der Waals surface area contributed by atoms with Crippen LogP contribution in [0.4, 0.5) is 11.4 Å². The van der Waals surface area contributed by atoms with Crippen LogP contribution in [-0.4, -0.2) is 26.0 Å². The molecule has 2 N–H and O–H groups in total. The van der Waals surface area contributed by atoms with E-state index in [-0.39, 0.29) is 22.6 Å². The number of rotatable bonds is 9. The van der Waals surface area contributed by atoms with Gasteiger partial charge in [-0.25, -0.2) is 0 Å². The Kier molecular flexibility index (Phi) is 10.5. The third kappa shape index (κ3) is 8.98. The number of carbonyl (C=O) groups excluding carboxylic acids is 2. The molecule has 0 atom stereocenters. The van der Waals surface area contributed by atoms with Crippen LogP contribution in [-0.2, 0) is 20.4 Å². The van der Waals surface area contributed by atoms with Gasteiger partial charge in [-0.1, -0.05) is 102 Å². The SMILES string of the molecule is COc1cc(-c2ccc(NC(=O)C=Cc3ccc(C(C)(C)C)cc3)c(OC)c2)ccc1NC(=O)C=Cc1ccc(C(C)(C)C)cc1. The summed E-state index contributed by atoms with van der Waals surface area (Å²) < 4.78 is 11.2. The minimum absolute atomic E-state index is 0.0725. The molecule has 46 heavy (non-hydrogen) atoms. The molecule has 6 heteroatoms. The fourth-order valence-corrected chi connectivity index (χ4v) is 4.83. The van der Waals surface area contributed by atoms with Gasteiger partial charge in [0.25, 0.3) is 0 Å². The maximum atomic E-state index is 12.7. The maximum Gasteiger partial charge on any atom is 0.248 e. The van der Waals surface area contributed by atoms with Crippen molar-refractivity contribution in [3.05, 3.63) is 119 Å². The van der Waals surface area contributed by atoms with Crippen molar-refractivity contribution in [2.24, 2.45) is 0 Å². The van der Waals surface area contributed by atoms with E-state index in [1.54, 1.807) is 38.5 Å². The van der Waals surface area contributed by atoms with Gasteiger partial charge >= 0.3 is 0 Å². The minimum Gasteiger partial charge on any atom is -0.495 e. The van der Waals surface area contributed by atoms with Crippen LogP contribution in [0.2, 0.25) is 0 Å². The molecule has 0 radical (unpaired) electrons. The second kappa shape index (κ2) is 14.3. The zero-order valence-corrected chi connectivity index (χ0v) is 28.0. The highest BCUT2D eigenvalue weighted by Gasteiger charge is 2.14. The first-order valence-corrected chi connectivity index (χ1v) is 15.3. The van der Waals surface area contributed by atoms with Crippen LogP contribution in [0.5, 0.6) is 11.5 Å². The number of hydrogen-bond acceptors (Lipinski definition) is 4. The molecular formula is C40H44N2O4. The summed E-state index contributed by atoms with van der Waals surface area (Å²) in [4.78, 5) is 25.4. The van der Waals surface area contributed by atoms with Gasteiger partial charge in [0.1, 0.15) is 11.5 Å². The number of hydrogen-bond donors (Lipinski definition) is 2. The first-order valence-electron chi connectivity index (χ1n) is 15.3. The van der Waals surface area contributed by atoms with E-state index >= 15 is 0 Å². The second-order valence-corrected chi connectivity index (χ2v) is 13.2. The molecule has 238 valence electrons.